The molecule has 3 heterocycles. The number of alkyl halides is 3. The van der Waals surface area contributed by atoms with Crippen LogP contribution < -0.4 is 10.9 Å². The molecule has 172 valence electrons. The van der Waals surface area contributed by atoms with Gasteiger partial charge in [-0.3, -0.25) is 9.17 Å². The van der Waals surface area contributed by atoms with Crippen LogP contribution in [0, 0.1) is 13.8 Å². The van der Waals surface area contributed by atoms with Crippen molar-refractivity contribution in [2.45, 2.75) is 20.0 Å². The average Bonchev–Trinajstić information content (AvgIpc) is 3.40. The predicted octanol–water partition coefficient (Wildman–Crippen LogP) is 5.61. The highest BCUT2D eigenvalue weighted by atomic mass is 32.1. The number of rotatable bonds is 4. The molecule has 5 rings (SSSR count). The molecule has 0 spiro atoms. The average molecular weight is 482 g/mol. The second-order valence-electron chi connectivity index (χ2n) is 7.82. The van der Waals surface area contributed by atoms with E-state index >= 15 is 0 Å². The number of hydrogen-bond donors (Lipinski definition) is 2. The van der Waals surface area contributed by atoms with E-state index in [1.54, 1.807) is 18.2 Å². The summed E-state index contributed by atoms with van der Waals surface area (Å²) in [5, 5.41) is 7.27. The number of aromatic amines is 1. The zero-order valence-corrected chi connectivity index (χ0v) is 18.8. The first-order chi connectivity index (χ1) is 16.2. The Bertz CT molecular complexity index is 1560. The Balaban J connectivity index is 1.65. The van der Waals surface area contributed by atoms with E-state index in [0.29, 0.717) is 16.5 Å². The molecule has 34 heavy (non-hydrogen) atoms. The van der Waals surface area contributed by atoms with Gasteiger partial charge in [-0.25, -0.2) is 9.67 Å². The first kappa shape index (κ1) is 21.8. The Morgan fingerprint density at radius 3 is 2.53 bits per heavy atom. The maximum absolute atomic E-state index is 13.2. The monoisotopic (exact) mass is 482 g/mol. The molecule has 0 amide bonds. The maximum Gasteiger partial charge on any atom is 0.435 e. The van der Waals surface area contributed by atoms with Crippen molar-refractivity contribution < 1.29 is 13.2 Å². The van der Waals surface area contributed by atoms with Crippen molar-refractivity contribution in [2.24, 2.45) is 0 Å². The molecule has 0 aliphatic heterocycles. The Labute approximate surface area is 195 Å². The van der Waals surface area contributed by atoms with Gasteiger partial charge in [0.1, 0.15) is 0 Å². The lowest BCUT2D eigenvalue weighted by atomic mass is 10.1. The summed E-state index contributed by atoms with van der Waals surface area (Å²) >= 11 is 1.21. The Hall–Kier alpha value is -3.99. The molecule has 2 N–H and O–H groups in total. The van der Waals surface area contributed by atoms with E-state index in [1.807, 2.05) is 32.0 Å². The summed E-state index contributed by atoms with van der Waals surface area (Å²) in [5.74, 6) is 0.339. The number of aromatic nitrogens is 5. The molecule has 5 aromatic rings. The summed E-state index contributed by atoms with van der Waals surface area (Å²) in [5.41, 5.74) is 2.55. The highest BCUT2D eigenvalue weighted by Gasteiger charge is 2.34. The van der Waals surface area contributed by atoms with Crippen molar-refractivity contribution in [2.75, 3.05) is 5.32 Å². The largest absolute Gasteiger partial charge is 0.435 e. The van der Waals surface area contributed by atoms with Gasteiger partial charge >= 0.3 is 6.18 Å². The number of nitrogens with one attached hydrogen (secondary N) is 2. The summed E-state index contributed by atoms with van der Waals surface area (Å²) in [6.07, 6.45) is -1.89. The minimum absolute atomic E-state index is 0.142. The van der Waals surface area contributed by atoms with E-state index in [4.69, 9.17) is 0 Å². The molecule has 0 fully saturated rings. The second kappa shape index (κ2) is 8.10. The van der Waals surface area contributed by atoms with E-state index in [-0.39, 0.29) is 17.3 Å². The molecule has 0 radical (unpaired) electrons. The van der Waals surface area contributed by atoms with Gasteiger partial charge in [-0.05, 0) is 60.9 Å². The van der Waals surface area contributed by atoms with Gasteiger partial charge in [-0.2, -0.15) is 23.3 Å². The molecule has 11 heteroatoms. The van der Waals surface area contributed by atoms with Gasteiger partial charge in [-0.1, -0.05) is 23.7 Å². The van der Waals surface area contributed by atoms with Crippen molar-refractivity contribution in [3.8, 4) is 16.9 Å². The Morgan fingerprint density at radius 1 is 1.06 bits per heavy atom. The molecule has 0 saturated carbocycles. The van der Waals surface area contributed by atoms with Crippen LogP contribution in [0.3, 0.4) is 0 Å². The topological polar surface area (TPSA) is 88.5 Å². The third-order valence-corrected chi connectivity index (χ3v) is 6.00. The van der Waals surface area contributed by atoms with Crippen LogP contribution in [0.4, 0.5) is 24.8 Å². The van der Waals surface area contributed by atoms with Crippen LogP contribution in [0.5, 0.6) is 0 Å². The van der Waals surface area contributed by atoms with Gasteiger partial charge in [0, 0.05) is 23.6 Å². The Kier molecular flexibility index (Phi) is 5.20. The number of fused-ring (bicyclic) bond motifs is 1. The molecule has 2 aromatic carbocycles. The van der Waals surface area contributed by atoms with E-state index in [9.17, 15) is 18.0 Å². The van der Waals surface area contributed by atoms with Crippen LogP contribution in [0.25, 0.3) is 27.0 Å². The smallest absolute Gasteiger partial charge is 0.324 e. The van der Waals surface area contributed by atoms with Gasteiger partial charge in [-0.15, -0.1) is 0 Å². The van der Waals surface area contributed by atoms with Gasteiger partial charge in [0.15, 0.2) is 11.5 Å². The Morgan fingerprint density at radius 2 is 1.82 bits per heavy atom. The fraction of sp³-hybridized carbons (Fsp3) is 0.130. The quantitative estimate of drug-likeness (QED) is 0.348. The molecule has 7 nitrogen and oxygen atoms in total. The number of benzene rings is 2. The molecule has 0 saturated heterocycles. The molecule has 3 aromatic heterocycles. The van der Waals surface area contributed by atoms with E-state index in [2.05, 4.69) is 24.8 Å². The number of H-pyrrole nitrogens is 1. The summed E-state index contributed by atoms with van der Waals surface area (Å²) in [7, 11) is 0. The lowest BCUT2D eigenvalue weighted by molar-refractivity contribution is -0.141. The highest BCUT2D eigenvalue weighted by Crippen LogP contribution is 2.32. The van der Waals surface area contributed by atoms with Crippen molar-refractivity contribution in [3.63, 3.8) is 0 Å². The predicted molar refractivity (Wildman–Crippen MR) is 125 cm³/mol. The standard InChI is InChI=1S/C23H17F3N6OS/c1-12-7-13(2)9-15(8-12)28-22-27-11-17(14-3-4-18-16(10-14)21(33)31-34-18)20(29-22)32-6-5-19(30-32)23(24,25)26/h3-11H,1-2H3,(H,31,33)(H,27,28,29). The number of aryl methyl sites for hydroxylation is 2. The number of hydrogen-bond acceptors (Lipinski definition) is 6. The summed E-state index contributed by atoms with van der Waals surface area (Å²) in [6.45, 7) is 3.91. The minimum Gasteiger partial charge on any atom is -0.324 e. The van der Waals surface area contributed by atoms with Crippen molar-refractivity contribution >= 4 is 33.3 Å². The summed E-state index contributed by atoms with van der Waals surface area (Å²) in [6, 6.07) is 11.9. The third-order valence-electron chi connectivity index (χ3n) is 5.13. The molecule has 0 unspecified atom stereocenters. The van der Waals surface area contributed by atoms with E-state index < -0.39 is 11.9 Å². The van der Waals surface area contributed by atoms with Gasteiger partial charge < -0.3 is 5.32 Å². The minimum atomic E-state index is -4.60. The van der Waals surface area contributed by atoms with Crippen LogP contribution in [0.1, 0.15) is 16.8 Å². The first-order valence-electron chi connectivity index (χ1n) is 10.1. The second-order valence-corrected chi connectivity index (χ2v) is 8.67. The van der Waals surface area contributed by atoms with Crippen LogP contribution >= 0.6 is 11.5 Å². The maximum atomic E-state index is 13.2. The molecular weight excluding hydrogens is 465 g/mol. The van der Waals surface area contributed by atoms with Crippen LogP contribution in [-0.2, 0) is 6.18 Å². The van der Waals surface area contributed by atoms with Crippen LogP contribution in [0.15, 0.2) is 59.7 Å². The summed E-state index contributed by atoms with van der Waals surface area (Å²) in [4.78, 5) is 21.0. The lowest BCUT2D eigenvalue weighted by Gasteiger charge is -2.13. The molecular formula is C23H17F3N6OS. The SMILES string of the molecule is Cc1cc(C)cc(Nc2ncc(-c3ccc4s[nH]c(=O)c4c3)c(-n3ccc(C(F)(F)F)n3)n2)c1. The number of anilines is 2. The number of halogens is 3. The third kappa shape index (κ3) is 4.17. The zero-order chi connectivity index (χ0) is 24.0. The molecule has 0 aliphatic carbocycles. The first-order valence-corrected chi connectivity index (χ1v) is 11.0. The molecule has 0 bridgehead atoms. The van der Waals surface area contributed by atoms with E-state index in [1.165, 1.54) is 23.9 Å². The fourth-order valence-electron chi connectivity index (χ4n) is 3.70. The van der Waals surface area contributed by atoms with Crippen molar-refractivity contribution in [3.05, 3.63) is 82.0 Å². The fourth-order valence-corrected chi connectivity index (χ4v) is 4.41. The van der Waals surface area contributed by atoms with Crippen molar-refractivity contribution in [1.29, 1.82) is 0 Å². The van der Waals surface area contributed by atoms with Gasteiger partial charge in [0.2, 0.25) is 5.95 Å². The van der Waals surface area contributed by atoms with Gasteiger partial charge in [0.25, 0.3) is 5.56 Å². The van der Waals surface area contributed by atoms with Crippen LogP contribution in [0.2, 0.25) is 0 Å². The van der Waals surface area contributed by atoms with Crippen LogP contribution in [-0.4, -0.2) is 24.1 Å². The van der Waals surface area contributed by atoms with Gasteiger partial charge in [0.05, 0.1) is 10.1 Å². The highest BCUT2D eigenvalue weighted by molar-refractivity contribution is 7.13. The van der Waals surface area contributed by atoms with Crippen molar-refractivity contribution in [1.82, 2.24) is 24.1 Å². The summed E-state index contributed by atoms with van der Waals surface area (Å²) < 4.78 is 44.1. The normalized spacial score (nSPS) is 11.8. The van der Waals surface area contributed by atoms with E-state index in [0.717, 1.165) is 32.3 Å². The lowest BCUT2D eigenvalue weighted by Crippen LogP contribution is -2.10. The molecule has 0 aliphatic rings. The number of nitrogens with zero attached hydrogens (tertiary/aromatic N) is 4. The zero-order valence-electron chi connectivity index (χ0n) is 17.9. The molecule has 0 atom stereocenters.